The molecule has 0 aromatic carbocycles. The van der Waals surface area contributed by atoms with Gasteiger partial charge in [-0.25, -0.2) is 0 Å². The maximum Gasteiger partial charge on any atom is 0.0738 e. The third-order valence-corrected chi connectivity index (χ3v) is 3.61. The topological polar surface area (TPSA) is 46.5 Å². The van der Waals surface area contributed by atoms with Gasteiger partial charge in [-0.05, 0) is 41.8 Å². The van der Waals surface area contributed by atoms with Crippen molar-refractivity contribution >= 4 is 15.9 Å². The zero-order valence-electron chi connectivity index (χ0n) is 8.79. The molecule has 80 valence electrons. The summed E-state index contributed by atoms with van der Waals surface area (Å²) >= 11 is 3.52. The van der Waals surface area contributed by atoms with Crippen LogP contribution in [0.2, 0.25) is 0 Å². The summed E-state index contributed by atoms with van der Waals surface area (Å²) in [6, 6.07) is 0. The van der Waals surface area contributed by atoms with E-state index in [1.807, 2.05) is 24.0 Å². The zero-order valence-corrected chi connectivity index (χ0v) is 10.4. The van der Waals surface area contributed by atoms with Crippen molar-refractivity contribution in [2.24, 2.45) is 0 Å². The summed E-state index contributed by atoms with van der Waals surface area (Å²) in [4.78, 5) is 0. The molecule has 0 atom stereocenters. The Morgan fingerprint density at radius 2 is 2.27 bits per heavy atom. The zero-order chi connectivity index (χ0) is 10.8. The molecule has 0 fully saturated rings. The van der Waals surface area contributed by atoms with Crippen LogP contribution in [-0.2, 0) is 13.0 Å². The first-order chi connectivity index (χ1) is 7.18. The molecular weight excluding hydrogens is 256 g/mol. The first kappa shape index (κ1) is 10.4. The van der Waals surface area contributed by atoms with Gasteiger partial charge in [-0.3, -0.25) is 9.78 Å². The van der Waals surface area contributed by atoms with Crippen LogP contribution in [0.4, 0.5) is 0 Å². The predicted molar refractivity (Wildman–Crippen MR) is 61.7 cm³/mol. The highest BCUT2D eigenvalue weighted by molar-refractivity contribution is 9.10. The summed E-state index contributed by atoms with van der Waals surface area (Å²) in [6.45, 7) is 4.96. The van der Waals surface area contributed by atoms with E-state index in [1.165, 1.54) is 11.3 Å². The number of aromatic amines is 1. The second-order valence-corrected chi connectivity index (χ2v) is 4.36. The molecular formula is C10H13BrN4. The number of nitrogens with one attached hydrogen (secondary N) is 1. The monoisotopic (exact) mass is 268 g/mol. The number of aromatic nitrogens is 4. The van der Waals surface area contributed by atoms with Crippen molar-refractivity contribution in [3.05, 3.63) is 33.8 Å². The molecule has 0 bridgehead atoms. The van der Waals surface area contributed by atoms with Gasteiger partial charge in [-0.15, -0.1) is 0 Å². The molecule has 4 nitrogen and oxygen atoms in total. The molecule has 2 rings (SSSR count). The second kappa shape index (κ2) is 4.18. The minimum atomic E-state index is 0.887. The van der Waals surface area contributed by atoms with Crippen molar-refractivity contribution in [1.29, 1.82) is 0 Å². The van der Waals surface area contributed by atoms with Gasteiger partial charge in [0.05, 0.1) is 16.4 Å². The lowest BCUT2D eigenvalue weighted by molar-refractivity contribution is 0.594. The molecule has 0 radical (unpaired) electrons. The maximum absolute atomic E-state index is 4.45. The summed E-state index contributed by atoms with van der Waals surface area (Å²) in [7, 11) is 0. The summed E-state index contributed by atoms with van der Waals surface area (Å²) in [6.07, 6.45) is 4.71. The molecule has 0 aliphatic rings. The lowest BCUT2D eigenvalue weighted by atomic mass is 10.2. The molecule has 0 saturated heterocycles. The van der Waals surface area contributed by atoms with Crippen LogP contribution in [0.5, 0.6) is 0 Å². The van der Waals surface area contributed by atoms with E-state index in [1.54, 1.807) is 0 Å². The SMILES string of the molecule is Cc1nn(CCc2cn[nH]c2)c(C)c1Br. The van der Waals surface area contributed by atoms with E-state index in [4.69, 9.17) is 0 Å². The van der Waals surface area contributed by atoms with Crippen molar-refractivity contribution in [2.45, 2.75) is 26.8 Å². The van der Waals surface area contributed by atoms with Crippen molar-refractivity contribution in [3.63, 3.8) is 0 Å². The van der Waals surface area contributed by atoms with E-state index in [-0.39, 0.29) is 0 Å². The van der Waals surface area contributed by atoms with Crippen molar-refractivity contribution in [3.8, 4) is 0 Å². The Morgan fingerprint density at radius 3 is 2.80 bits per heavy atom. The molecule has 0 aliphatic heterocycles. The Hall–Kier alpha value is -1.10. The van der Waals surface area contributed by atoms with E-state index >= 15 is 0 Å². The van der Waals surface area contributed by atoms with Gasteiger partial charge in [0.2, 0.25) is 0 Å². The van der Waals surface area contributed by atoms with Crippen LogP contribution < -0.4 is 0 Å². The van der Waals surface area contributed by atoms with Crippen molar-refractivity contribution < 1.29 is 0 Å². The third-order valence-electron chi connectivity index (χ3n) is 2.46. The minimum absolute atomic E-state index is 0.887. The fourth-order valence-corrected chi connectivity index (χ4v) is 1.83. The molecule has 0 amide bonds. The van der Waals surface area contributed by atoms with Gasteiger partial charge in [0.15, 0.2) is 0 Å². The number of hydrogen-bond acceptors (Lipinski definition) is 2. The van der Waals surface area contributed by atoms with Gasteiger partial charge in [-0.1, -0.05) is 0 Å². The van der Waals surface area contributed by atoms with Gasteiger partial charge >= 0.3 is 0 Å². The summed E-state index contributed by atoms with van der Waals surface area (Å²) in [5.41, 5.74) is 3.43. The first-order valence-corrected chi connectivity index (χ1v) is 5.65. The summed E-state index contributed by atoms with van der Waals surface area (Å²) < 4.78 is 3.13. The Kier molecular flexibility index (Phi) is 2.90. The smallest absolute Gasteiger partial charge is 0.0738 e. The van der Waals surface area contributed by atoms with E-state index in [9.17, 15) is 0 Å². The van der Waals surface area contributed by atoms with Crippen LogP contribution in [0, 0.1) is 13.8 Å². The largest absolute Gasteiger partial charge is 0.285 e. The van der Waals surface area contributed by atoms with Crippen LogP contribution in [0.25, 0.3) is 0 Å². The van der Waals surface area contributed by atoms with Crippen LogP contribution >= 0.6 is 15.9 Å². The van der Waals surface area contributed by atoms with Gasteiger partial charge in [0.25, 0.3) is 0 Å². The normalized spacial score (nSPS) is 10.9. The van der Waals surface area contributed by atoms with Crippen LogP contribution in [0.15, 0.2) is 16.9 Å². The fourth-order valence-electron chi connectivity index (χ4n) is 1.54. The Balaban J connectivity index is 2.08. The minimum Gasteiger partial charge on any atom is -0.285 e. The van der Waals surface area contributed by atoms with Gasteiger partial charge in [-0.2, -0.15) is 10.2 Å². The lowest BCUT2D eigenvalue weighted by Gasteiger charge is -2.02. The highest BCUT2D eigenvalue weighted by Gasteiger charge is 2.08. The molecule has 0 saturated carbocycles. The Morgan fingerprint density at radius 1 is 1.47 bits per heavy atom. The second-order valence-electron chi connectivity index (χ2n) is 3.56. The quantitative estimate of drug-likeness (QED) is 0.928. The molecule has 2 aromatic rings. The highest BCUT2D eigenvalue weighted by Crippen LogP contribution is 2.19. The molecule has 0 aliphatic carbocycles. The van der Waals surface area contributed by atoms with E-state index in [0.29, 0.717) is 0 Å². The Bertz CT molecular complexity index is 444. The molecule has 2 aromatic heterocycles. The number of hydrogen-bond donors (Lipinski definition) is 1. The van der Waals surface area contributed by atoms with Gasteiger partial charge in [0.1, 0.15) is 0 Å². The van der Waals surface area contributed by atoms with Crippen LogP contribution in [0.1, 0.15) is 17.0 Å². The number of nitrogens with zero attached hydrogens (tertiary/aromatic N) is 3. The average Bonchev–Trinajstić information content (AvgIpc) is 2.80. The lowest BCUT2D eigenvalue weighted by Crippen LogP contribution is -2.04. The number of rotatable bonds is 3. The molecule has 15 heavy (non-hydrogen) atoms. The highest BCUT2D eigenvalue weighted by atomic mass is 79.9. The molecule has 0 unspecified atom stereocenters. The van der Waals surface area contributed by atoms with Gasteiger partial charge < -0.3 is 0 Å². The van der Waals surface area contributed by atoms with E-state index in [2.05, 4.69) is 38.1 Å². The average molecular weight is 269 g/mol. The third kappa shape index (κ3) is 2.12. The van der Waals surface area contributed by atoms with Crippen LogP contribution in [0.3, 0.4) is 0 Å². The van der Waals surface area contributed by atoms with Crippen molar-refractivity contribution in [1.82, 2.24) is 20.0 Å². The summed E-state index contributed by atoms with van der Waals surface area (Å²) in [5.74, 6) is 0. The van der Waals surface area contributed by atoms with Gasteiger partial charge in [0, 0.05) is 18.4 Å². The van der Waals surface area contributed by atoms with Crippen LogP contribution in [-0.4, -0.2) is 20.0 Å². The number of H-pyrrole nitrogens is 1. The molecule has 0 spiro atoms. The number of aryl methyl sites for hydroxylation is 3. The molecule has 1 N–H and O–H groups in total. The first-order valence-electron chi connectivity index (χ1n) is 4.85. The standard InChI is InChI=1S/C10H13BrN4/c1-7-10(11)8(2)15(14-7)4-3-9-5-12-13-6-9/h5-6H,3-4H2,1-2H3,(H,12,13). The maximum atomic E-state index is 4.45. The van der Waals surface area contributed by atoms with Crippen molar-refractivity contribution in [2.75, 3.05) is 0 Å². The molecule has 2 heterocycles. The predicted octanol–water partition coefficient (Wildman–Crippen LogP) is 2.23. The Labute approximate surface area is 96.8 Å². The summed E-state index contributed by atoms with van der Waals surface area (Å²) in [5, 5.41) is 11.2. The number of halogens is 1. The van der Waals surface area contributed by atoms with E-state index < -0.39 is 0 Å². The van der Waals surface area contributed by atoms with E-state index in [0.717, 1.165) is 23.1 Å². The molecule has 5 heteroatoms. The fraction of sp³-hybridized carbons (Fsp3) is 0.400.